The van der Waals surface area contributed by atoms with Gasteiger partial charge in [-0.15, -0.1) is 0 Å². The van der Waals surface area contributed by atoms with Gasteiger partial charge in [-0.05, 0) is 43.5 Å². The van der Waals surface area contributed by atoms with Crippen LogP contribution in [-0.4, -0.2) is 12.6 Å². The monoisotopic (exact) mass is 234 g/mol. The lowest BCUT2D eigenvalue weighted by Crippen LogP contribution is -2.18. The zero-order valence-corrected chi connectivity index (χ0v) is 11.6. The van der Waals surface area contributed by atoms with Gasteiger partial charge in [0.05, 0.1) is 0 Å². The Morgan fingerprint density at radius 3 is 2.59 bits per heavy atom. The van der Waals surface area contributed by atoms with Crippen LogP contribution in [0.2, 0.25) is 0 Å². The average molecular weight is 234 g/mol. The zero-order chi connectivity index (χ0) is 12.7. The Morgan fingerprint density at radius 1 is 1.18 bits per heavy atom. The van der Waals surface area contributed by atoms with E-state index in [1.165, 1.54) is 17.7 Å². The van der Waals surface area contributed by atoms with Crippen LogP contribution in [0.4, 0.5) is 5.69 Å². The van der Waals surface area contributed by atoms with Gasteiger partial charge in [-0.25, -0.2) is 0 Å². The minimum atomic E-state index is 0.532. The van der Waals surface area contributed by atoms with Gasteiger partial charge in [0, 0.05) is 18.3 Å². The Hall–Kier alpha value is -1.02. The van der Waals surface area contributed by atoms with E-state index in [0.717, 1.165) is 19.0 Å². The number of nitrogens with one attached hydrogen (secondary N) is 2. The standard InChI is InChI=1S/C15H26N2/c1-5-16-11-14-7-6-8-15(10-14)17-13(4)9-12(2)3/h6-8,10,12-13,16-17H,5,9,11H2,1-4H3. The van der Waals surface area contributed by atoms with Crippen molar-refractivity contribution in [3.63, 3.8) is 0 Å². The molecule has 0 fully saturated rings. The van der Waals surface area contributed by atoms with Crippen LogP contribution in [0, 0.1) is 5.92 Å². The molecule has 0 aliphatic heterocycles. The molecule has 1 unspecified atom stereocenters. The quantitative estimate of drug-likeness (QED) is 0.752. The van der Waals surface area contributed by atoms with Gasteiger partial charge >= 0.3 is 0 Å². The van der Waals surface area contributed by atoms with Crippen molar-refractivity contribution in [2.45, 2.75) is 46.7 Å². The van der Waals surface area contributed by atoms with Crippen LogP contribution < -0.4 is 10.6 Å². The predicted molar refractivity (Wildman–Crippen MR) is 76.4 cm³/mol. The third-order valence-corrected chi connectivity index (χ3v) is 2.74. The van der Waals surface area contributed by atoms with Crippen LogP contribution in [0.5, 0.6) is 0 Å². The van der Waals surface area contributed by atoms with Gasteiger partial charge in [0.15, 0.2) is 0 Å². The van der Waals surface area contributed by atoms with Crippen molar-refractivity contribution in [3.8, 4) is 0 Å². The molecule has 0 amide bonds. The molecule has 0 aliphatic carbocycles. The van der Waals surface area contributed by atoms with Crippen LogP contribution in [0.15, 0.2) is 24.3 Å². The van der Waals surface area contributed by atoms with Crippen LogP contribution in [0.25, 0.3) is 0 Å². The largest absolute Gasteiger partial charge is 0.383 e. The molecular formula is C15H26N2. The molecule has 2 N–H and O–H groups in total. The molecule has 2 nitrogen and oxygen atoms in total. The molecule has 1 aromatic carbocycles. The molecule has 0 heterocycles. The van der Waals surface area contributed by atoms with Crippen molar-refractivity contribution in [2.75, 3.05) is 11.9 Å². The molecule has 0 spiro atoms. The maximum absolute atomic E-state index is 3.56. The number of anilines is 1. The molecule has 0 saturated carbocycles. The first-order chi connectivity index (χ1) is 8.11. The van der Waals surface area contributed by atoms with E-state index < -0.39 is 0 Å². The van der Waals surface area contributed by atoms with Gasteiger partial charge in [-0.2, -0.15) is 0 Å². The van der Waals surface area contributed by atoms with Crippen molar-refractivity contribution in [1.82, 2.24) is 5.32 Å². The van der Waals surface area contributed by atoms with Gasteiger partial charge in [0.2, 0.25) is 0 Å². The molecule has 0 radical (unpaired) electrons. The summed E-state index contributed by atoms with van der Waals surface area (Å²) in [5.41, 5.74) is 2.57. The Balaban J connectivity index is 2.52. The third-order valence-electron chi connectivity index (χ3n) is 2.74. The Labute approximate surface area is 106 Å². The highest BCUT2D eigenvalue weighted by Crippen LogP contribution is 2.14. The molecular weight excluding hydrogens is 208 g/mol. The molecule has 0 aromatic heterocycles. The van der Waals surface area contributed by atoms with E-state index in [1.54, 1.807) is 0 Å². The Kier molecular flexibility index (Phi) is 6.06. The number of rotatable bonds is 7. The molecule has 96 valence electrons. The molecule has 1 atom stereocenters. The van der Waals surface area contributed by atoms with E-state index in [2.05, 4.69) is 62.6 Å². The van der Waals surface area contributed by atoms with Crippen LogP contribution in [0.1, 0.15) is 39.7 Å². The normalized spacial score (nSPS) is 12.8. The maximum atomic E-state index is 3.56. The zero-order valence-electron chi connectivity index (χ0n) is 11.6. The molecule has 17 heavy (non-hydrogen) atoms. The molecule has 0 bridgehead atoms. The SMILES string of the molecule is CCNCc1cccc(NC(C)CC(C)C)c1. The number of benzene rings is 1. The van der Waals surface area contributed by atoms with Crippen LogP contribution in [0.3, 0.4) is 0 Å². The second-order valence-corrected chi connectivity index (χ2v) is 5.16. The highest BCUT2D eigenvalue weighted by molar-refractivity contribution is 5.46. The number of hydrogen-bond acceptors (Lipinski definition) is 2. The van der Waals surface area contributed by atoms with Crippen molar-refractivity contribution >= 4 is 5.69 Å². The smallest absolute Gasteiger partial charge is 0.0345 e. The predicted octanol–water partition coefficient (Wildman–Crippen LogP) is 3.64. The fourth-order valence-corrected chi connectivity index (χ4v) is 2.09. The first-order valence-electron chi connectivity index (χ1n) is 6.68. The summed E-state index contributed by atoms with van der Waals surface area (Å²) in [7, 11) is 0. The molecule has 1 aromatic rings. The molecule has 1 rings (SSSR count). The van der Waals surface area contributed by atoms with Crippen LogP contribution >= 0.6 is 0 Å². The lowest BCUT2D eigenvalue weighted by molar-refractivity contribution is 0.540. The highest BCUT2D eigenvalue weighted by Gasteiger charge is 2.04. The molecule has 0 saturated heterocycles. The topological polar surface area (TPSA) is 24.1 Å². The average Bonchev–Trinajstić information content (AvgIpc) is 2.25. The summed E-state index contributed by atoms with van der Waals surface area (Å²) in [5, 5.41) is 6.91. The van der Waals surface area contributed by atoms with E-state index in [1.807, 2.05) is 0 Å². The summed E-state index contributed by atoms with van der Waals surface area (Å²) in [4.78, 5) is 0. The molecule has 0 aliphatic rings. The summed E-state index contributed by atoms with van der Waals surface area (Å²) in [6.07, 6.45) is 1.21. The second-order valence-electron chi connectivity index (χ2n) is 5.16. The minimum Gasteiger partial charge on any atom is -0.383 e. The lowest BCUT2D eigenvalue weighted by atomic mass is 10.0. The summed E-state index contributed by atoms with van der Waals surface area (Å²) in [5.74, 6) is 0.738. The van der Waals surface area contributed by atoms with Gasteiger partial charge in [0.25, 0.3) is 0 Å². The van der Waals surface area contributed by atoms with E-state index in [9.17, 15) is 0 Å². The van der Waals surface area contributed by atoms with Gasteiger partial charge < -0.3 is 10.6 Å². The van der Waals surface area contributed by atoms with Gasteiger partial charge in [0.1, 0.15) is 0 Å². The maximum Gasteiger partial charge on any atom is 0.0345 e. The third kappa shape index (κ3) is 5.73. The van der Waals surface area contributed by atoms with Crippen LogP contribution in [-0.2, 0) is 6.54 Å². The van der Waals surface area contributed by atoms with E-state index in [4.69, 9.17) is 0 Å². The fourth-order valence-electron chi connectivity index (χ4n) is 2.09. The Bertz CT molecular complexity index is 320. The van der Waals surface area contributed by atoms with Crippen molar-refractivity contribution in [1.29, 1.82) is 0 Å². The summed E-state index contributed by atoms with van der Waals surface area (Å²) >= 11 is 0. The van der Waals surface area contributed by atoms with Gasteiger partial charge in [-0.1, -0.05) is 32.9 Å². The summed E-state index contributed by atoms with van der Waals surface area (Å²) in [6.45, 7) is 10.9. The highest BCUT2D eigenvalue weighted by atomic mass is 14.9. The van der Waals surface area contributed by atoms with E-state index >= 15 is 0 Å². The Morgan fingerprint density at radius 2 is 1.94 bits per heavy atom. The lowest BCUT2D eigenvalue weighted by Gasteiger charge is -2.17. The number of hydrogen-bond donors (Lipinski definition) is 2. The second kappa shape index (κ2) is 7.33. The van der Waals surface area contributed by atoms with E-state index in [0.29, 0.717) is 6.04 Å². The fraction of sp³-hybridized carbons (Fsp3) is 0.600. The van der Waals surface area contributed by atoms with Gasteiger partial charge in [-0.3, -0.25) is 0 Å². The van der Waals surface area contributed by atoms with Crippen molar-refractivity contribution in [3.05, 3.63) is 29.8 Å². The molecule has 2 heteroatoms. The van der Waals surface area contributed by atoms with Crippen molar-refractivity contribution < 1.29 is 0 Å². The minimum absolute atomic E-state index is 0.532. The first-order valence-corrected chi connectivity index (χ1v) is 6.68. The van der Waals surface area contributed by atoms with Crippen molar-refractivity contribution in [2.24, 2.45) is 5.92 Å². The van der Waals surface area contributed by atoms with E-state index in [-0.39, 0.29) is 0 Å². The summed E-state index contributed by atoms with van der Waals surface area (Å²) < 4.78 is 0. The summed E-state index contributed by atoms with van der Waals surface area (Å²) in [6, 6.07) is 9.20. The first kappa shape index (κ1) is 14.0.